The van der Waals surface area contributed by atoms with E-state index in [0.717, 1.165) is 16.9 Å². The van der Waals surface area contributed by atoms with Crippen molar-refractivity contribution in [3.63, 3.8) is 0 Å². The van der Waals surface area contributed by atoms with Crippen LogP contribution in [0, 0.1) is 0 Å². The van der Waals surface area contributed by atoms with E-state index in [9.17, 15) is 18.0 Å². The number of sulfonamides is 1. The van der Waals surface area contributed by atoms with Crippen molar-refractivity contribution in [2.75, 3.05) is 18.9 Å². The van der Waals surface area contributed by atoms with Crippen molar-refractivity contribution in [2.24, 2.45) is 0 Å². The lowest BCUT2D eigenvalue weighted by molar-refractivity contribution is -0.135. The van der Waals surface area contributed by atoms with Crippen LogP contribution in [0.5, 0.6) is 0 Å². The molecule has 0 aliphatic carbocycles. The number of urea groups is 1. The minimum absolute atomic E-state index is 0.0170. The fourth-order valence-electron chi connectivity index (χ4n) is 1.79. The summed E-state index contributed by atoms with van der Waals surface area (Å²) in [5.74, 6) is -1.26. The van der Waals surface area contributed by atoms with Gasteiger partial charge in [0.2, 0.25) is 0 Å². The highest BCUT2D eigenvalue weighted by Gasteiger charge is 2.18. The van der Waals surface area contributed by atoms with Gasteiger partial charge in [0.15, 0.2) is 0 Å². The predicted molar refractivity (Wildman–Crippen MR) is 90.7 cm³/mol. The second kappa shape index (κ2) is 7.43. The topological polar surface area (TPSA) is 125 Å². The summed E-state index contributed by atoms with van der Waals surface area (Å²) in [6, 6.07) is 9.60. The minimum atomic E-state index is -3.87. The molecule has 0 aliphatic heterocycles. The third-order valence-electron chi connectivity index (χ3n) is 2.89. The molecule has 0 spiro atoms. The molecule has 24 heavy (non-hydrogen) atoms. The van der Waals surface area contributed by atoms with Crippen LogP contribution in [-0.4, -0.2) is 39.1 Å². The number of carbonyl (C=O) groups excluding carboxylic acids is 1. The zero-order valence-corrected chi connectivity index (χ0v) is 14.2. The van der Waals surface area contributed by atoms with E-state index in [2.05, 4.69) is 10.6 Å². The van der Waals surface area contributed by atoms with Gasteiger partial charge in [0.25, 0.3) is 10.0 Å². The van der Waals surface area contributed by atoms with Crippen LogP contribution in [0.1, 0.15) is 0 Å². The molecule has 128 valence electrons. The van der Waals surface area contributed by atoms with Crippen molar-refractivity contribution < 1.29 is 23.1 Å². The number of carboxylic acid groups (broad SMARTS) is 1. The summed E-state index contributed by atoms with van der Waals surface area (Å²) >= 11 is 1.01. The molecule has 0 bridgehead atoms. The summed E-state index contributed by atoms with van der Waals surface area (Å²) in [5.41, 5.74) is 1.29. The Labute approximate surface area is 142 Å². The van der Waals surface area contributed by atoms with Crippen LogP contribution < -0.4 is 15.4 Å². The Morgan fingerprint density at radius 1 is 1.21 bits per heavy atom. The number of anilines is 1. The summed E-state index contributed by atoms with van der Waals surface area (Å²) < 4.78 is 26.0. The smallest absolute Gasteiger partial charge is 0.318 e. The van der Waals surface area contributed by atoms with Crippen molar-refractivity contribution in [1.29, 1.82) is 0 Å². The molecule has 0 unspecified atom stereocenters. The number of nitrogens with one attached hydrogen (secondary N) is 3. The van der Waals surface area contributed by atoms with E-state index in [4.69, 9.17) is 5.11 Å². The maximum absolute atomic E-state index is 12.0. The Bertz CT molecular complexity index is 861. The Hall–Kier alpha value is -2.43. The maximum Gasteiger partial charge on any atom is 0.318 e. The number of carboxylic acids is 1. The van der Waals surface area contributed by atoms with Crippen LogP contribution in [-0.2, 0) is 14.8 Å². The number of carbonyl (C=O) groups is 2. The first-order valence-corrected chi connectivity index (χ1v) is 9.02. The van der Waals surface area contributed by atoms with Gasteiger partial charge in [0, 0.05) is 17.6 Å². The number of amides is 2. The van der Waals surface area contributed by atoms with Gasteiger partial charge < -0.3 is 15.7 Å². The third-order valence-corrected chi connectivity index (χ3v) is 5.92. The normalized spacial score (nSPS) is 11.0. The Balaban J connectivity index is 2.23. The van der Waals surface area contributed by atoms with E-state index in [1.54, 1.807) is 30.3 Å². The molecular formula is C14H15N3O5S2. The quantitative estimate of drug-likeness (QED) is 0.615. The number of thiophene rings is 1. The van der Waals surface area contributed by atoms with Crippen LogP contribution in [0.4, 0.5) is 10.5 Å². The molecule has 0 radical (unpaired) electrons. The molecule has 0 aliphatic rings. The molecule has 8 nitrogen and oxygen atoms in total. The minimum Gasteiger partial charge on any atom is -0.480 e. The van der Waals surface area contributed by atoms with Gasteiger partial charge in [-0.15, -0.1) is 11.3 Å². The second-order valence-electron chi connectivity index (χ2n) is 4.62. The number of rotatable bonds is 6. The summed E-state index contributed by atoms with van der Waals surface area (Å²) in [6.07, 6.45) is 0. The molecule has 2 aromatic rings. The molecule has 4 N–H and O–H groups in total. The second-order valence-corrected chi connectivity index (χ2v) is 7.70. The summed E-state index contributed by atoms with van der Waals surface area (Å²) in [5, 5.41) is 13.6. The van der Waals surface area contributed by atoms with Crippen molar-refractivity contribution in [2.45, 2.75) is 4.21 Å². The highest BCUT2D eigenvalue weighted by molar-refractivity contribution is 7.91. The first-order chi connectivity index (χ1) is 11.3. The molecule has 0 fully saturated rings. The number of hydrogen-bond acceptors (Lipinski definition) is 5. The van der Waals surface area contributed by atoms with Crippen LogP contribution in [0.15, 0.2) is 40.6 Å². The molecule has 2 rings (SSSR count). The van der Waals surface area contributed by atoms with Gasteiger partial charge in [0.05, 0.1) is 0 Å². The van der Waals surface area contributed by atoms with Gasteiger partial charge in [-0.3, -0.25) is 4.79 Å². The molecular weight excluding hydrogens is 354 g/mol. The molecule has 1 heterocycles. The zero-order valence-electron chi connectivity index (χ0n) is 12.6. The number of benzene rings is 1. The van der Waals surface area contributed by atoms with E-state index in [-0.39, 0.29) is 10.2 Å². The molecule has 0 saturated carbocycles. The van der Waals surface area contributed by atoms with E-state index in [1.807, 2.05) is 4.72 Å². The SMILES string of the molecule is CNC(=O)Nc1cccc(-c2ccc(S(=O)(=O)NCC(=O)O)s2)c1. The van der Waals surface area contributed by atoms with E-state index < -0.39 is 22.5 Å². The zero-order chi connectivity index (χ0) is 17.7. The lowest BCUT2D eigenvalue weighted by Crippen LogP contribution is -2.28. The molecule has 0 saturated heterocycles. The fourth-order valence-corrected chi connectivity index (χ4v) is 4.11. The average molecular weight is 369 g/mol. The van der Waals surface area contributed by atoms with Crippen LogP contribution in [0.3, 0.4) is 0 Å². The Morgan fingerprint density at radius 3 is 2.62 bits per heavy atom. The molecule has 10 heteroatoms. The van der Waals surface area contributed by atoms with Gasteiger partial charge in [-0.1, -0.05) is 12.1 Å². The van der Waals surface area contributed by atoms with Crippen molar-refractivity contribution in [3.8, 4) is 10.4 Å². The van der Waals surface area contributed by atoms with E-state index in [1.165, 1.54) is 13.1 Å². The first kappa shape index (κ1) is 17.9. The van der Waals surface area contributed by atoms with Gasteiger partial charge in [-0.05, 0) is 29.8 Å². The standard InChI is InChI=1S/C14H15N3O5S2/c1-15-14(20)17-10-4-2-3-9(7-10)11-5-6-13(23-11)24(21,22)16-8-12(18)19/h2-7,16H,8H2,1H3,(H,18,19)(H2,15,17,20). The summed E-state index contributed by atoms with van der Waals surface area (Å²) in [4.78, 5) is 22.5. The van der Waals surface area contributed by atoms with E-state index >= 15 is 0 Å². The highest BCUT2D eigenvalue weighted by Crippen LogP contribution is 2.31. The monoisotopic (exact) mass is 369 g/mol. The third kappa shape index (κ3) is 4.54. The fraction of sp³-hybridized carbons (Fsp3) is 0.143. The lowest BCUT2D eigenvalue weighted by atomic mass is 10.1. The number of hydrogen-bond donors (Lipinski definition) is 4. The van der Waals surface area contributed by atoms with E-state index in [0.29, 0.717) is 10.6 Å². The molecule has 2 amide bonds. The predicted octanol–water partition coefficient (Wildman–Crippen LogP) is 1.53. The van der Waals surface area contributed by atoms with Crippen LogP contribution >= 0.6 is 11.3 Å². The van der Waals surface area contributed by atoms with Crippen molar-refractivity contribution >= 4 is 39.0 Å². The van der Waals surface area contributed by atoms with Gasteiger partial charge in [-0.25, -0.2) is 13.2 Å². The van der Waals surface area contributed by atoms with Crippen molar-refractivity contribution in [3.05, 3.63) is 36.4 Å². The Morgan fingerprint density at radius 2 is 1.96 bits per heavy atom. The summed E-state index contributed by atoms with van der Waals surface area (Å²) in [7, 11) is -2.37. The maximum atomic E-state index is 12.0. The van der Waals surface area contributed by atoms with Gasteiger partial charge in [-0.2, -0.15) is 4.72 Å². The molecule has 1 aromatic heterocycles. The van der Waals surface area contributed by atoms with Crippen LogP contribution in [0.2, 0.25) is 0 Å². The Kier molecular flexibility index (Phi) is 5.54. The van der Waals surface area contributed by atoms with Gasteiger partial charge in [0.1, 0.15) is 10.8 Å². The van der Waals surface area contributed by atoms with Crippen molar-refractivity contribution in [1.82, 2.24) is 10.0 Å². The molecule has 1 aromatic carbocycles. The number of aliphatic carboxylic acids is 1. The average Bonchev–Trinajstić information content (AvgIpc) is 3.04. The largest absolute Gasteiger partial charge is 0.480 e. The first-order valence-electron chi connectivity index (χ1n) is 6.72. The summed E-state index contributed by atoms with van der Waals surface area (Å²) in [6.45, 7) is -0.679. The lowest BCUT2D eigenvalue weighted by Gasteiger charge is -2.06. The molecule has 0 atom stereocenters. The van der Waals surface area contributed by atoms with Gasteiger partial charge >= 0.3 is 12.0 Å². The van der Waals surface area contributed by atoms with Crippen LogP contribution in [0.25, 0.3) is 10.4 Å². The highest BCUT2D eigenvalue weighted by atomic mass is 32.2.